The van der Waals surface area contributed by atoms with Crippen molar-refractivity contribution in [3.8, 4) is 5.75 Å². The summed E-state index contributed by atoms with van der Waals surface area (Å²) in [6.07, 6.45) is 0. The summed E-state index contributed by atoms with van der Waals surface area (Å²) < 4.78 is 1.29. The van der Waals surface area contributed by atoms with Crippen molar-refractivity contribution < 1.29 is 14.6 Å². The first kappa shape index (κ1) is 14.1. The molecule has 0 unspecified atom stereocenters. The maximum absolute atomic E-state index is 12.8. The van der Waals surface area contributed by atoms with Gasteiger partial charge < -0.3 is 15.5 Å². The molecule has 0 bridgehead atoms. The highest BCUT2D eigenvalue weighted by molar-refractivity contribution is 6.09. The van der Waals surface area contributed by atoms with Gasteiger partial charge in [0.2, 0.25) is 0 Å². The summed E-state index contributed by atoms with van der Waals surface area (Å²) in [5, 5.41) is 35.4. The normalized spacial score (nSPS) is 17.2. The highest BCUT2D eigenvalue weighted by Gasteiger charge is 2.53. The van der Waals surface area contributed by atoms with Crippen molar-refractivity contribution >= 4 is 11.5 Å². The van der Waals surface area contributed by atoms with Gasteiger partial charge in [-0.2, -0.15) is 0 Å². The van der Waals surface area contributed by atoms with Crippen molar-refractivity contribution in [3.63, 3.8) is 0 Å². The van der Waals surface area contributed by atoms with Gasteiger partial charge in [-0.15, -0.1) is 9.48 Å². The Morgan fingerprint density at radius 1 is 0.909 bits per heavy atom. The van der Waals surface area contributed by atoms with Crippen LogP contribution in [-0.4, -0.2) is 31.7 Å². The molecule has 0 amide bonds. The van der Waals surface area contributed by atoms with E-state index >= 15 is 0 Å². The average Bonchev–Trinajstić information content (AvgIpc) is 2.67. The summed E-state index contributed by atoms with van der Waals surface area (Å²) in [6.45, 7) is 3.39. The summed E-state index contributed by atoms with van der Waals surface area (Å²) in [5.74, 6) is -0.189. The fourth-order valence-electron chi connectivity index (χ4n) is 2.75. The number of para-hydroxylation sites is 1. The molecule has 0 spiro atoms. The molecule has 2 aromatic carbocycles. The smallest absolute Gasteiger partial charge is 0.473 e. The Labute approximate surface area is 128 Å². The van der Waals surface area contributed by atoms with E-state index in [0.717, 1.165) is 0 Å². The summed E-state index contributed by atoms with van der Waals surface area (Å²) >= 11 is 0. The van der Waals surface area contributed by atoms with E-state index in [0.29, 0.717) is 20.8 Å². The SMILES string of the molecule is CC1(C)C(c2ccccc2)=[N+]([O-])C(c2ccccc2O)=[N+]1[O-]. The third-order valence-corrected chi connectivity index (χ3v) is 3.87. The van der Waals surface area contributed by atoms with Crippen molar-refractivity contribution in [2.45, 2.75) is 19.4 Å². The maximum atomic E-state index is 12.8. The van der Waals surface area contributed by atoms with E-state index < -0.39 is 5.54 Å². The van der Waals surface area contributed by atoms with Crippen LogP contribution in [0.3, 0.4) is 0 Å². The fraction of sp³-hybridized carbons (Fsp3) is 0.176. The highest BCUT2D eigenvalue weighted by Crippen LogP contribution is 2.27. The molecule has 3 rings (SSSR count). The van der Waals surface area contributed by atoms with Gasteiger partial charge in [-0.05, 0) is 24.3 Å². The Kier molecular flexibility index (Phi) is 3.13. The lowest BCUT2D eigenvalue weighted by molar-refractivity contribution is -0.530. The Bertz CT molecular complexity index is 793. The first-order chi connectivity index (χ1) is 10.4. The van der Waals surface area contributed by atoms with Gasteiger partial charge in [0.25, 0.3) is 11.3 Å². The van der Waals surface area contributed by atoms with Crippen LogP contribution in [-0.2, 0) is 0 Å². The zero-order chi connectivity index (χ0) is 15.9. The number of amidine groups is 1. The van der Waals surface area contributed by atoms with E-state index in [1.165, 1.54) is 6.07 Å². The molecule has 0 aromatic heterocycles. The summed E-state index contributed by atoms with van der Waals surface area (Å²) in [5.41, 5.74) is 0.252. The number of rotatable bonds is 2. The van der Waals surface area contributed by atoms with Crippen LogP contribution in [0.5, 0.6) is 5.75 Å². The number of hydrogen-bond donors (Lipinski definition) is 1. The van der Waals surface area contributed by atoms with E-state index in [4.69, 9.17) is 0 Å². The summed E-state index contributed by atoms with van der Waals surface area (Å²) in [4.78, 5) is 0. The number of aromatic hydroxyl groups is 1. The molecule has 0 radical (unpaired) electrons. The van der Waals surface area contributed by atoms with Gasteiger partial charge in [0, 0.05) is 13.8 Å². The molecule has 0 aliphatic carbocycles. The highest BCUT2D eigenvalue weighted by atomic mass is 16.5. The zero-order valence-electron chi connectivity index (χ0n) is 12.4. The second-order valence-corrected chi connectivity index (χ2v) is 5.70. The van der Waals surface area contributed by atoms with Crippen molar-refractivity contribution in [1.82, 2.24) is 0 Å². The van der Waals surface area contributed by atoms with Crippen LogP contribution in [0.4, 0.5) is 0 Å². The molecule has 5 heteroatoms. The Morgan fingerprint density at radius 2 is 1.50 bits per heavy atom. The average molecular weight is 296 g/mol. The number of phenolic OH excluding ortho intramolecular Hbond substituents is 1. The lowest BCUT2D eigenvalue weighted by atomic mass is 9.93. The van der Waals surface area contributed by atoms with Crippen LogP contribution < -0.4 is 0 Å². The van der Waals surface area contributed by atoms with E-state index in [1.807, 2.05) is 18.2 Å². The fourth-order valence-corrected chi connectivity index (χ4v) is 2.75. The third-order valence-electron chi connectivity index (χ3n) is 3.87. The van der Waals surface area contributed by atoms with Gasteiger partial charge in [-0.1, -0.05) is 30.3 Å². The molecular formula is C17H16N2O3. The van der Waals surface area contributed by atoms with Gasteiger partial charge in [0.15, 0.2) is 5.56 Å². The maximum Gasteiger partial charge on any atom is 0.473 e. The van der Waals surface area contributed by atoms with Crippen LogP contribution in [0.2, 0.25) is 0 Å². The Balaban J connectivity index is 2.25. The van der Waals surface area contributed by atoms with Crippen molar-refractivity contribution in [1.29, 1.82) is 0 Å². The van der Waals surface area contributed by atoms with Crippen molar-refractivity contribution in [3.05, 3.63) is 76.1 Å². The lowest BCUT2D eigenvalue weighted by Gasteiger charge is -2.16. The molecule has 0 saturated carbocycles. The predicted octanol–water partition coefficient (Wildman–Crippen LogP) is 2.44. The van der Waals surface area contributed by atoms with Gasteiger partial charge in [0.05, 0.1) is 5.56 Å². The molecule has 112 valence electrons. The molecule has 0 fully saturated rings. The monoisotopic (exact) mass is 296 g/mol. The molecule has 5 nitrogen and oxygen atoms in total. The number of nitrogens with zero attached hydrogens (tertiary/aromatic N) is 2. The number of hydrogen-bond acceptors (Lipinski definition) is 3. The molecule has 22 heavy (non-hydrogen) atoms. The molecule has 0 atom stereocenters. The predicted molar refractivity (Wildman–Crippen MR) is 84.1 cm³/mol. The van der Waals surface area contributed by atoms with E-state index in [-0.39, 0.29) is 17.1 Å². The number of benzene rings is 2. The van der Waals surface area contributed by atoms with Crippen LogP contribution in [0.25, 0.3) is 0 Å². The van der Waals surface area contributed by atoms with Gasteiger partial charge in [-0.25, -0.2) is 0 Å². The number of hydroxylamine groups is 2. The standard InChI is InChI=1S/C17H16N2O3/c1-17(2)15(12-8-4-3-5-9-12)18(21)16(19(17)22)13-10-6-7-11-14(13)20/h3-11,20H,1-2H3. The molecule has 2 aromatic rings. The minimum atomic E-state index is -1.03. The van der Waals surface area contributed by atoms with Crippen molar-refractivity contribution in [2.24, 2.45) is 0 Å². The molecule has 1 aliphatic rings. The van der Waals surface area contributed by atoms with Crippen LogP contribution in [0, 0.1) is 10.4 Å². The molecule has 1 N–H and O–H groups in total. The quantitative estimate of drug-likeness (QED) is 0.683. The molecular weight excluding hydrogens is 280 g/mol. The minimum absolute atomic E-state index is 0.0932. The zero-order valence-corrected chi connectivity index (χ0v) is 12.4. The van der Waals surface area contributed by atoms with Crippen LogP contribution >= 0.6 is 0 Å². The van der Waals surface area contributed by atoms with Crippen molar-refractivity contribution in [2.75, 3.05) is 0 Å². The number of phenols is 1. The molecule has 1 aliphatic heterocycles. The van der Waals surface area contributed by atoms with Crippen LogP contribution in [0.15, 0.2) is 54.6 Å². The van der Waals surface area contributed by atoms with Crippen LogP contribution in [0.1, 0.15) is 25.0 Å². The second kappa shape index (κ2) is 4.87. The van der Waals surface area contributed by atoms with Gasteiger partial charge >= 0.3 is 5.84 Å². The molecule has 1 heterocycles. The van der Waals surface area contributed by atoms with Gasteiger partial charge in [-0.3, -0.25) is 0 Å². The minimum Gasteiger partial charge on any atom is -0.618 e. The molecule has 0 saturated heterocycles. The van der Waals surface area contributed by atoms with E-state index in [2.05, 4.69) is 0 Å². The first-order valence-corrected chi connectivity index (χ1v) is 6.97. The second-order valence-electron chi connectivity index (χ2n) is 5.70. The topological polar surface area (TPSA) is 72.4 Å². The third kappa shape index (κ3) is 1.94. The summed E-state index contributed by atoms with van der Waals surface area (Å²) in [7, 11) is 0. The van der Waals surface area contributed by atoms with Gasteiger partial charge in [0.1, 0.15) is 5.75 Å². The Morgan fingerprint density at radius 3 is 2.14 bits per heavy atom. The largest absolute Gasteiger partial charge is 0.618 e. The summed E-state index contributed by atoms with van der Waals surface area (Å²) in [6, 6.07) is 15.4. The Hall–Kier alpha value is -2.82. The van der Waals surface area contributed by atoms with E-state index in [9.17, 15) is 15.5 Å². The van der Waals surface area contributed by atoms with E-state index in [1.54, 1.807) is 44.2 Å². The first-order valence-electron chi connectivity index (χ1n) is 6.97. The lowest BCUT2D eigenvalue weighted by Crippen LogP contribution is -2.39.